The maximum absolute atomic E-state index is 5.76. The Bertz CT molecular complexity index is 211. The molecule has 0 spiro atoms. The van der Waals surface area contributed by atoms with Gasteiger partial charge in [-0.05, 0) is 56.7 Å². The minimum atomic E-state index is 0.336. The van der Waals surface area contributed by atoms with E-state index in [2.05, 4.69) is 32.6 Å². The van der Waals surface area contributed by atoms with Crippen LogP contribution in [0.2, 0.25) is 0 Å². The van der Waals surface area contributed by atoms with Gasteiger partial charge in [-0.2, -0.15) is 0 Å². The molecule has 0 saturated carbocycles. The van der Waals surface area contributed by atoms with Crippen LogP contribution in [0.5, 0.6) is 0 Å². The number of nitrogens with two attached hydrogens (primary N) is 1. The zero-order valence-corrected chi connectivity index (χ0v) is 12.3. The van der Waals surface area contributed by atoms with Crippen LogP contribution >= 0.6 is 0 Å². The molecule has 1 unspecified atom stereocenters. The standard InChI is InChI=1S/C15H32N2/c1-13(2)14-8-7-11-17(14)10-6-5-9-15(3,4)12-16/h13-14H,5-12,16H2,1-4H3. The van der Waals surface area contributed by atoms with Crippen LogP contribution in [0.3, 0.4) is 0 Å². The normalized spacial score (nSPS) is 22.6. The van der Waals surface area contributed by atoms with Gasteiger partial charge in [0, 0.05) is 6.04 Å². The Kier molecular flexibility index (Phi) is 5.94. The molecular weight excluding hydrogens is 208 g/mol. The molecule has 0 bridgehead atoms. The first-order chi connectivity index (χ1) is 7.96. The molecule has 0 aliphatic carbocycles. The molecule has 17 heavy (non-hydrogen) atoms. The Morgan fingerprint density at radius 2 is 2.00 bits per heavy atom. The SMILES string of the molecule is CC(C)C1CCCN1CCCCC(C)(C)CN. The van der Waals surface area contributed by atoms with E-state index in [-0.39, 0.29) is 0 Å². The number of likely N-dealkylation sites (tertiary alicyclic amines) is 1. The van der Waals surface area contributed by atoms with Gasteiger partial charge in [0.1, 0.15) is 0 Å². The van der Waals surface area contributed by atoms with Gasteiger partial charge in [0.15, 0.2) is 0 Å². The van der Waals surface area contributed by atoms with Crippen molar-refractivity contribution in [2.45, 2.75) is 65.8 Å². The monoisotopic (exact) mass is 240 g/mol. The van der Waals surface area contributed by atoms with Crippen LogP contribution in [0, 0.1) is 11.3 Å². The third-order valence-corrected chi connectivity index (χ3v) is 4.29. The van der Waals surface area contributed by atoms with Crippen LogP contribution in [0.15, 0.2) is 0 Å². The molecule has 0 aromatic heterocycles. The Hall–Kier alpha value is -0.0800. The fourth-order valence-electron chi connectivity index (χ4n) is 2.91. The third-order valence-electron chi connectivity index (χ3n) is 4.29. The first kappa shape index (κ1) is 15.0. The summed E-state index contributed by atoms with van der Waals surface area (Å²) in [6.45, 7) is 12.7. The highest BCUT2D eigenvalue weighted by molar-refractivity contribution is 4.81. The fourth-order valence-corrected chi connectivity index (χ4v) is 2.91. The van der Waals surface area contributed by atoms with Gasteiger partial charge in [0.2, 0.25) is 0 Å². The Morgan fingerprint density at radius 3 is 2.59 bits per heavy atom. The second-order valence-corrected chi connectivity index (χ2v) is 6.82. The summed E-state index contributed by atoms with van der Waals surface area (Å²) in [7, 11) is 0. The highest BCUT2D eigenvalue weighted by atomic mass is 15.2. The van der Waals surface area contributed by atoms with Crippen LogP contribution in [0.1, 0.15) is 59.8 Å². The molecule has 0 amide bonds. The Labute approximate surface area is 108 Å². The highest BCUT2D eigenvalue weighted by Gasteiger charge is 2.26. The molecule has 1 heterocycles. The van der Waals surface area contributed by atoms with Gasteiger partial charge in [-0.3, -0.25) is 0 Å². The van der Waals surface area contributed by atoms with Crippen molar-refractivity contribution >= 4 is 0 Å². The summed E-state index contributed by atoms with van der Waals surface area (Å²) in [4.78, 5) is 2.71. The van der Waals surface area contributed by atoms with Crippen molar-refractivity contribution in [3.63, 3.8) is 0 Å². The number of hydrogen-bond donors (Lipinski definition) is 1. The summed E-state index contributed by atoms with van der Waals surface area (Å²) in [5, 5.41) is 0. The minimum absolute atomic E-state index is 0.336. The number of nitrogens with zero attached hydrogens (tertiary/aromatic N) is 1. The minimum Gasteiger partial charge on any atom is -0.330 e. The predicted molar refractivity (Wildman–Crippen MR) is 76.1 cm³/mol. The second kappa shape index (κ2) is 6.75. The third kappa shape index (κ3) is 4.97. The summed E-state index contributed by atoms with van der Waals surface area (Å²) in [5.41, 5.74) is 6.10. The lowest BCUT2D eigenvalue weighted by atomic mass is 9.87. The fraction of sp³-hybridized carbons (Fsp3) is 1.00. The van der Waals surface area contributed by atoms with E-state index < -0.39 is 0 Å². The maximum Gasteiger partial charge on any atom is 0.0119 e. The van der Waals surface area contributed by atoms with Gasteiger partial charge in [0.05, 0.1) is 0 Å². The van der Waals surface area contributed by atoms with Crippen LogP contribution in [0.4, 0.5) is 0 Å². The predicted octanol–water partition coefficient (Wildman–Crippen LogP) is 3.26. The van der Waals surface area contributed by atoms with Gasteiger partial charge >= 0.3 is 0 Å². The maximum atomic E-state index is 5.76. The van der Waals surface area contributed by atoms with Gasteiger partial charge in [-0.25, -0.2) is 0 Å². The quantitative estimate of drug-likeness (QED) is 0.692. The average molecular weight is 240 g/mol. The summed E-state index contributed by atoms with van der Waals surface area (Å²) in [5.74, 6) is 0.818. The molecule has 1 atom stereocenters. The lowest BCUT2D eigenvalue weighted by Gasteiger charge is -2.28. The zero-order chi connectivity index (χ0) is 12.9. The number of rotatable bonds is 7. The molecule has 0 aromatic rings. The second-order valence-electron chi connectivity index (χ2n) is 6.82. The van der Waals surface area contributed by atoms with Gasteiger partial charge < -0.3 is 10.6 Å². The lowest BCUT2D eigenvalue weighted by molar-refractivity contribution is 0.198. The van der Waals surface area contributed by atoms with E-state index in [9.17, 15) is 0 Å². The molecule has 2 heteroatoms. The molecule has 2 N–H and O–H groups in total. The van der Waals surface area contributed by atoms with Gasteiger partial charge in [-0.15, -0.1) is 0 Å². The van der Waals surface area contributed by atoms with Crippen molar-refractivity contribution in [3.8, 4) is 0 Å². The Balaban J connectivity index is 2.18. The molecule has 0 radical (unpaired) electrons. The van der Waals surface area contributed by atoms with Crippen molar-refractivity contribution in [2.24, 2.45) is 17.1 Å². The molecule has 102 valence electrons. The molecule has 1 aliphatic heterocycles. The smallest absolute Gasteiger partial charge is 0.0119 e. The van der Waals surface area contributed by atoms with E-state index in [1.807, 2.05) is 0 Å². The summed E-state index contributed by atoms with van der Waals surface area (Å²) >= 11 is 0. The number of hydrogen-bond acceptors (Lipinski definition) is 2. The van der Waals surface area contributed by atoms with E-state index in [1.54, 1.807) is 0 Å². The lowest BCUT2D eigenvalue weighted by Crippen LogP contribution is -2.34. The van der Waals surface area contributed by atoms with Crippen LogP contribution in [0.25, 0.3) is 0 Å². The number of unbranched alkanes of at least 4 members (excludes halogenated alkanes) is 1. The van der Waals surface area contributed by atoms with Crippen molar-refractivity contribution in [3.05, 3.63) is 0 Å². The van der Waals surface area contributed by atoms with Crippen molar-refractivity contribution in [1.29, 1.82) is 0 Å². The van der Waals surface area contributed by atoms with E-state index in [4.69, 9.17) is 5.73 Å². The molecule has 2 nitrogen and oxygen atoms in total. The zero-order valence-electron chi connectivity index (χ0n) is 12.3. The first-order valence-electron chi connectivity index (χ1n) is 7.40. The van der Waals surface area contributed by atoms with Gasteiger partial charge in [-0.1, -0.05) is 34.1 Å². The van der Waals surface area contributed by atoms with Crippen LogP contribution in [-0.4, -0.2) is 30.6 Å². The highest BCUT2D eigenvalue weighted by Crippen LogP contribution is 2.25. The molecular formula is C15H32N2. The summed E-state index contributed by atoms with van der Waals surface area (Å²) in [6, 6.07) is 0.845. The largest absolute Gasteiger partial charge is 0.330 e. The van der Waals surface area contributed by atoms with Crippen molar-refractivity contribution < 1.29 is 0 Å². The van der Waals surface area contributed by atoms with Crippen molar-refractivity contribution in [1.82, 2.24) is 4.90 Å². The summed E-state index contributed by atoms with van der Waals surface area (Å²) in [6.07, 6.45) is 6.74. The molecule has 1 aliphatic rings. The van der Waals surface area contributed by atoms with E-state index in [0.29, 0.717) is 5.41 Å². The molecule has 1 saturated heterocycles. The van der Waals surface area contributed by atoms with Gasteiger partial charge in [0.25, 0.3) is 0 Å². The topological polar surface area (TPSA) is 29.3 Å². The van der Waals surface area contributed by atoms with E-state index in [1.165, 1.54) is 45.2 Å². The van der Waals surface area contributed by atoms with E-state index in [0.717, 1.165) is 18.5 Å². The van der Waals surface area contributed by atoms with E-state index >= 15 is 0 Å². The Morgan fingerprint density at radius 1 is 1.29 bits per heavy atom. The molecule has 0 aromatic carbocycles. The van der Waals surface area contributed by atoms with Crippen LogP contribution < -0.4 is 5.73 Å². The molecule has 1 rings (SSSR count). The average Bonchev–Trinajstić information content (AvgIpc) is 2.73. The van der Waals surface area contributed by atoms with Crippen LogP contribution in [-0.2, 0) is 0 Å². The first-order valence-corrected chi connectivity index (χ1v) is 7.40. The molecule has 1 fully saturated rings. The summed E-state index contributed by atoms with van der Waals surface area (Å²) < 4.78 is 0. The van der Waals surface area contributed by atoms with Crippen molar-refractivity contribution in [2.75, 3.05) is 19.6 Å².